The Bertz CT molecular complexity index is 1090. The molecule has 0 amide bonds. The van der Waals surface area contributed by atoms with Crippen LogP contribution in [0.5, 0.6) is 11.5 Å². The molecule has 3 aromatic rings. The Labute approximate surface area is 162 Å². The Morgan fingerprint density at radius 1 is 1.04 bits per heavy atom. The Hall–Kier alpha value is -2.85. The lowest BCUT2D eigenvalue weighted by Gasteiger charge is -2.17. The molecule has 4 nitrogen and oxygen atoms in total. The van der Waals surface area contributed by atoms with E-state index in [0.29, 0.717) is 28.6 Å². The van der Waals surface area contributed by atoms with E-state index in [-0.39, 0.29) is 5.78 Å². The van der Waals surface area contributed by atoms with Crippen LogP contribution < -0.4 is 9.47 Å². The van der Waals surface area contributed by atoms with Crippen LogP contribution in [0.4, 0.5) is 0 Å². The number of ketones is 1. The van der Waals surface area contributed by atoms with Crippen LogP contribution in [0.2, 0.25) is 5.15 Å². The first-order valence-corrected chi connectivity index (χ1v) is 9.04. The maximum absolute atomic E-state index is 12.8. The fourth-order valence-electron chi connectivity index (χ4n) is 3.44. The second-order valence-corrected chi connectivity index (χ2v) is 6.78. The minimum atomic E-state index is 0.0559. The lowest BCUT2D eigenvalue weighted by molar-refractivity contribution is 0.102. The Morgan fingerprint density at radius 3 is 2.56 bits per heavy atom. The number of aromatic nitrogens is 1. The van der Waals surface area contributed by atoms with Crippen molar-refractivity contribution in [3.05, 3.63) is 69.9 Å². The van der Waals surface area contributed by atoms with E-state index < -0.39 is 0 Å². The molecule has 27 heavy (non-hydrogen) atoms. The zero-order chi connectivity index (χ0) is 19.0. The van der Waals surface area contributed by atoms with Crippen molar-refractivity contribution >= 4 is 34.4 Å². The lowest BCUT2D eigenvalue weighted by atomic mass is 9.86. The monoisotopic (exact) mass is 379 g/mol. The quantitative estimate of drug-likeness (QED) is 0.468. The highest BCUT2D eigenvalue weighted by Crippen LogP contribution is 2.34. The van der Waals surface area contributed by atoms with Gasteiger partial charge in [-0.25, -0.2) is 4.98 Å². The molecule has 0 bridgehead atoms. The SMILES string of the molecule is COc1cc2cc(/C=C3\CCc4ccccc4C3=O)c(Cl)nc2cc1OC. The van der Waals surface area contributed by atoms with Gasteiger partial charge in [0.15, 0.2) is 17.3 Å². The maximum Gasteiger partial charge on any atom is 0.189 e. The number of fused-ring (bicyclic) bond motifs is 2. The first kappa shape index (κ1) is 17.6. The fourth-order valence-corrected chi connectivity index (χ4v) is 3.64. The molecule has 136 valence electrons. The van der Waals surface area contributed by atoms with Gasteiger partial charge in [-0.15, -0.1) is 0 Å². The topological polar surface area (TPSA) is 48.4 Å². The number of benzene rings is 2. The number of methoxy groups -OCH3 is 2. The van der Waals surface area contributed by atoms with Crippen molar-refractivity contribution in [2.24, 2.45) is 0 Å². The van der Waals surface area contributed by atoms with Gasteiger partial charge in [0, 0.05) is 28.2 Å². The van der Waals surface area contributed by atoms with Crippen molar-refractivity contribution in [2.45, 2.75) is 12.8 Å². The molecular weight excluding hydrogens is 362 g/mol. The van der Waals surface area contributed by atoms with Gasteiger partial charge >= 0.3 is 0 Å². The van der Waals surface area contributed by atoms with Gasteiger partial charge < -0.3 is 9.47 Å². The van der Waals surface area contributed by atoms with Gasteiger partial charge in [-0.1, -0.05) is 35.9 Å². The van der Waals surface area contributed by atoms with Gasteiger partial charge in [0.1, 0.15) is 5.15 Å². The summed E-state index contributed by atoms with van der Waals surface area (Å²) in [4.78, 5) is 17.3. The molecule has 2 aromatic carbocycles. The predicted molar refractivity (Wildman–Crippen MR) is 107 cm³/mol. The van der Waals surface area contributed by atoms with Crippen LogP contribution in [0, 0.1) is 0 Å². The number of carbonyl (C=O) groups excluding carboxylic acids is 1. The van der Waals surface area contributed by atoms with Gasteiger partial charge in [-0.3, -0.25) is 4.79 Å². The van der Waals surface area contributed by atoms with E-state index in [1.54, 1.807) is 20.3 Å². The third-order valence-electron chi connectivity index (χ3n) is 4.85. The number of ether oxygens (including phenoxy) is 2. The summed E-state index contributed by atoms with van der Waals surface area (Å²) in [6.07, 6.45) is 3.39. The average molecular weight is 380 g/mol. The number of pyridine rings is 1. The summed E-state index contributed by atoms with van der Waals surface area (Å²) < 4.78 is 10.7. The first-order chi connectivity index (χ1) is 13.1. The molecule has 1 aliphatic rings. The van der Waals surface area contributed by atoms with Crippen LogP contribution in [0.1, 0.15) is 27.9 Å². The molecule has 0 saturated carbocycles. The molecule has 0 spiro atoms. The van der Waals surface area contributed by atoms with Gasteiger partial charge in [0.2, 0.25) is 0 Å². The first-order valence-electron chi connectivity index (χ1n) is 8.66. The summed E-state index contributed by atoms with van der Waals surface area (Å²) in [6.45, 7) is 0. The molecule has 0 saturated heterocycles. The molecule has 0 atom stereocenters. The van der Waals surface area contributed by atoms with Gasteiger partial charge in [-0.2, -0.15) is 0 Å². The van der Waals surface area contributed by atoms with Crippen LogP contribution in [-0.2, 0) is 6.42 Å². The van der Waals surface area contributed by atoms with Crippen LogP contribution in [0.3, 0.4) is 0 Å². The average Bonchev–Trinajstić information content (AvgIpc) is 2.69. The largest absolute Gasteiger partial charge is 0.493 e. The molecule has 1 heterocycles. The lowest BCUT2D eigenvalue weighted by Crippen LogP contribution is -2.13. The molecular formula is C22H18ClNO3. The predicted octanol–water partition coefficient (Wildman–Crippen LogP) is 5.12. The van der Waals surface area contributed by atoms with E-state index in [2.05, 4.69) is 4.98 Å². The number of aryl methyl sites for hydroxylation is 1. The summed E-state index contributed by atoms with van der Waals surface area (Å²) >= 11 is 6.40. The van der Waals surface area contributed by atoms with E-state index in [9.17, 15) is 4.79 Å². The number of nitrogens with zero attached hydrogens (tertiary/aromatic N) is 1. The van der Waals surface area contributed by atoms with E-state index in [1.807, 2.05) is 42.5 Å². The van der Waals surface area contributed by atoms with Gasteiger partial charge in [0.05, 0.1) is 19.7 Å². The van der Waals surface area contributed by atoms with Crippen LogP contribution in [-0.4, -0.2) is 25.0 Å². The maximum atomic E-state index is 12.8. The summed E-state index contributed by atoms with van der Waals surface area (Å²) in [5.41, 5.74) is 4.04. The summed E-state index contributed by atoms with van der Waals surface area (Å²) in [6, 6.07) is 13.3. The highest BCUT2D eigenvalue weighted by molar-refractivity contribution is 6.31. The minimum Gasteiger partial charge on any atom is -0.493 e. The number of allylic oxidation sites excluding steroid dienone is 1. The third kappa shape index (κ3) is 3.17. The van der Waals surface area contributed by atoms with E-state index in [0.717, 1.165) is 34.1 Å². The third-order valence-corrected chi connectivity index (χ3v) is 5.15. The molecule has 1 aliphatic carbocycles. The van der Waals surface area contributed by atoms with Crippen LogP contribution in [0.15, 0.2) is 48.0 Å². The van der Waals surface area contributed by atoms with Crippen molar-refractivity contribution in [3.63, 3.8) is 0 Å². The number of hydrogen-bond acceptors (Lipinski definition) is 4. The Morgan fingerprint density at radius 2 is 1.78 bits per heavy atom. The van der Waals surface area contributed by atoms with E-state index in [1.165, 1.54) is 0 Å². The second kappa shape index (κ2) is 7.05. The molecule has 1 aromatic heterocycles. The highest BCUT2D eigenvalue weighted by Gasteiger charge is 2.21. The van der Waals surface area contributed by atoms with Crippen LogP contribution in [0.25, 0.3) is 17.0 Å². The summed E-state index contributed by atoms with van der Waals surface area (Å²) in [5.74, 6) is 1.27. The standard InChI is InChI=1S/C22H18ClNO3/c1-26-19-11-15-10-16(22(23)24-18(15)12-20(19)27-2)9-14-8-7-13-5-3-4-6-17(13)21(14)25/h3-6,9-12H,7-8H2,1-2H3/b14-9+. The smallest absolute Gasteiger partial charge is 0.189 e. The molecule has 4 rings (SSSR count). The molecule has 0 fully saturated rings. The Kier molecular flexibility index (Phi) is 4.58. The zero-order valence-corrected chi connectivity index (χ0v) is 15.8. The molecule has 0 N–H and O–H groups in total. The summed E-state index contributed by atoms with van der Waals surface area (Å²) in [5, 5.41) is 1.22. The normalized spacial score (nSPS) is 15.1. The number of hydrogen-bond donors (Lipinski definition) is 0. The van der Waals surface area contributed by atoms with Crippen molar-refractivity contribution in [1.82, 2.24) is 4.98 Å². The molecule has 0 aliphatic heterocycles. The zero-order valence-electron chi connectivity index (χ0n) is 15.1. The van der Waals surface area contributed by atoms with Crippen molar-refractivity contribution in [3.8, 4) is 11.5 Å². The van der Waals surface area contributed by atoms with Gasteiger partial charge in [0.25, 0.3) is 0 Å². The Balaban J connectivity index is 1.79. The van der Waals surface area contributed by atoms with Crippen molar-refractivity contribution in [2.75, 3.05) is 14.2 Å². The number of carbonyl (C=O) groups is 1. The molecule has 0 unspecified atom stereocenters. The summed E-state index contributed by atoms with van der Waals surface area (Å²) in [7, 11) is 3.17. The van der Waals surface area contributed by atoms with E-state index >= 15 is 0 Å². The van der Waals surface area contributed by atoms with Gasteiger partial charge in [-0.05, 0) is 36.6 Å². The van der Waals surface area contributed by atoms with Crippen LogP contribution >= 0.6 is 11.6 Å². The molecule has 5 heteroatoms. The van der Waals surface area contributed by atoms with Crippen molar-refractivity contribution in [1.29, 1.82) is 0 Å². The minimum absolute atomic E-state index is 0.0559. The molecule has 0 radical (unpaired) electrons. The number of rotatable bonds is 3. The van der Waals surface area contributed by atoms with Crippen molar-refractivity contribution < 1.29 is 14.3 Å². The second-order valence-electron chi connectivity index (χ2n) is 6.42. The highest BCUT2D eigenvalue weighted by atomic mass is 35.5. The number of halogens is 1. The number of Topliss-reactive ketones (excluding diaryl/α,β-unsaturated/α-hetero) is 1. The fraction of sp³-hybridized carbons (Fsp3) is 0.182. The van der Waals surface area contributed by atoms with E-state index in [4.69, 9.17) is 21.1 Å².